The molecule has 2 saturated heterocycles. The van der Waals surface area contributed by atoms with Crippen molar-refractivity contribution >= 4 is 29.2 Å². The van der Waals surface area contributed by atoms with E-state index in [-0.39, 0.29) is 18.4 Å². The van der Waals surface area contributed by atoms with Crippen LogP contribution in [0.5, 0.6) is 0 Å². The summed E-state index contributed by atoms with van der Waals surface area (Å²) in [6.45, 7) is 5.46. The van der Waals surface area contributed by atoms with Gasteiger partial charge in [-0.2, -0.15) is 0 Å². The summed E-state index contributed by atoms with van der Waals surface area (Å²) in [6, 6.07) is 7.43. The van der Waals surface area contributed by atoms with Crippen LogP contribution in [-0.4, -0.2) is 68.7 Å². The van der Waals surface area contributed by atoms with Gasteiger partial charge in [-0.25, -0.2) is 0 Å². The lowest BCUT2D eigenvalue weighted by atomic mass is 9.98. The first-order valence-corrected chi connectivity index (χ1v) is 9.78. The van der Waals surface area contributed by atoms with Crippen molar-refractivity contribution < 1.29 is 23.9 Å². The number of hydrogen-bond donors (Lipinski definition) is 1. The maximum absolute atomic E-state index is 12.6. The van der Waals surface area contributed by atoms with Gasteiger partial charge in [-0.15, -0.1) is 0 Å². The predicted octanol–water partition coefficient (Wildman–Crippen LogP) is 1.26. The first-order chi connectivity index (χ1) is 13.6. The monoisotopic (exact) mass is 389 g/mol. The number of hydrogen-bond acceptors (Lipinski definition) is 6. The third kappa shape index (κ3) is 4.81. The van der Waals surface area contributed by atoms with Crippen molar-refractivity contribution in [2.24, 2.45) is 5.92 Å². The summed E-state index contributed by atoms with van der Waals surface area (Å²) in [5.41, 5.74) is 1.47. The quantitative estimate of drug-likeness (QED) is 0.616. The Morgan fingerprint density at radius 3 is 2.68 bits per heavy atom. The number of likely N-dealkylation sites (tertiary alicyclic amines) is 1. The zero-order chi connectivity index (χ0) is 19.9. The van der Waals surface area contributed by atoms with Crippen LogP contribution in [0.4, 0.5) is 11.4 Å². The molecule has 0 aromatic heterocycles. The number of carbonyl (C=O) groups is 3. The highest BCUT2D eigenvalue weighted by atomic mass is 16.5. The molecule has 2 aliphatic heterocycles. The van der Waals surface area contributed by atoms with Crippen molar-refractivity contribution in [2.45, 2.75) is 19.8 Å². The van der Waals surface area contributed by atoms with Crippen LogP contribution in [0.3, 0.4) is 0 Å². The normalized spacial score (nSPS) is 19.8. The Labute approximate surface area is 164 Å². The second kappa shape index (κ2) is 9.54. The predicted molar refractivity (Wildman–Crippen MR) is 104 cm³/mol. The van der Waals surface area contributed by atoms with E-state index in [1.54, 1.807) is 13.0 Å². The lowest BCUT2D eigenvalue weighted by Gasteiger charge is -2.32. The number of benzene rings is 1. The number of para-hydroxylation sites is 2. The van der Waals surface area contributed by atoms with Crippen LogP contribution in [0.25, 0.3) is 0 Å². The molecule has 152 valence electrons. The molecule has 0 bridgehead atoms. The van der Waals surface area contributed by atoms with Crippen molar-refractivity contribution in [3.63, 3.8) is 0 Å². The van der Waals surface area contributed by atoms with Gasteiger partial charge in [-0.1, -0.05) is 12.1 Å². The summed E-state index contributed by atoms with van der Waals surface area (Å²) in [7, 11) is 0. The number of carbonyl (C=O) groups excluding carboxylic acids is 3. The van der Waals surface area contributed by atoms with E-state index in [1.165, 1.54) is 4.90 Å². The van der Waals surface area contributed by atoms with Gasteiger partial charge in [0.2, 0.25) is 0 Å². The molecule has 0 radical (unpaired) electrons. The molecule has 8 heteroatoms. The number of nitrogens with zero attached hydrogens (tertiary/aromatic N) is 2. The molecule has 0 aliphatic carbocycles. The molecular weight excluding hydrogens is 362 g/mol. The molecule has 2 amide bonds. The number of amides is 2. The summed E-state index contributed by atoms with van der Waals surface area (Å²) >= 11 is 0. The molecule has 8 nitrogen and oxygen atoms in total. The Hall–Kier alpha value is -2.61. The molecule has 1 N–H and O–H groups in total. The van der Waals surface area contributed by atoms with Crippen molar-refractivity contribution in [3.8, 4) is 0 Å². The molecule has 2 aliphatic rings. The second-order valence-corrected chi connectivity index (χ2v) is 6.91. The van der Waals surface area contributed by atoms with E-state index in [0.717, 1.165) is 18.8 Å². The highest BCUT2D eigenvalue weighted by Crippen LogP contribution is 2.26. The molecule has 2 heterocycles. The van der Waals surface area contributed by atoms with Crippen LogP contribution in [0.15, 0.2) is 24.3 Å². The van der Waals surface area contributed by atoms with Gasteiger partial charge in [0.25, 0.3) is 0 Å². The van der Waals surface area contributed by atoms with E-state index < -0.39 is 11.8 Å². The van der Waals surface area contributed by atoms with Gasteiger partial charge in [0.15, 0.2) is 0 Å². The van der Waals surface area contributed by atoms with Crippen molar-refractivity contribution in [1.29, 1.82) is 0 Å². The minimum Gasteiger partial charge on any atom is -0.466 e. The lowest BCUT2D eigenvalue weighted by Crippen LogP contribution is -2.47. The van der Waals surface area contributed by atoms with Crippen LogP contribution in [0.1, 0.15) is 19.8 Å². The first kappa shape index (κ1) is 20.1. The van der Waals surface area contributed by atoms with E-state index in [1.807, 2.05) is 18.2 Å². The second-order valence-electron chi connectivity index (χ2n) is 6.91. The van der Waals surface area contributed by atoms with Gasteiger partial charge in [0.05, 0.1) is 37.1 Å². The molecular formula is C20H27N3O5. The summed E-state index contributed by atoms with van der Waals surface area (Å²) < 4.78 is 10.4. The maximum atomic E-state index is 12.6. The van der Waals surface area contributed by atoms with E-state index in [9.17, 15) is 14.4 Å². The fourth-order valence-corrected chi connectivity index (χ4v) is 3.59. The minimum atomic E-state index is -0.690. The molecule has 1 aromatic carbocycles. The van der Waals surface area contributed by atoms with E-state index in [4.69, 9.17) is 9.47 Å². The van der Waals surface area contributed by atoms with Gasteiger partial charge >= 0.3 is 17.8 Å². The number of esters is 1. The highest BCUT2D eigenvalue weighted by Gasteiger charge is 2.32. The smallest absolute Gasteiger partial charge is 0.313 e. The summed E-state index contributed by atoms with van der Waals surface area (Å²) in [5.74, 6) is -1.99. The number of anilines is 2. The maximum Gasteiger partial charge on any atom is 0.313 e. The lowest BCUT2D eigenvalue weighted by molar-refractivity contribution is -0.153. The highest BCUT2D eigenvalue weighted by molar-refractivity contribution is 6.39. The van der Waals surface area contributed by atoms with Gasteiger partial charge in [0.1, 0.15) is 0 Å². The van der Waals surface area contributed by atoms with E-state index in [2.05, 4.69) is 10.2 Å². The summed E-state index contributed by atoms with van der Waals surface area (Å²) in [4.78, 5) is 40.8. The Bertz CT molecular complexity index is 718. The van der Waals surface area contributed by atoms with Gasteiger partial charge in [0, 0.05) is 26.2 Å². The Kier molecular flexibility index (Phi) is 6.86. The number of nitrogens with one attached hydrogen (secondary N) is 1. The number of rotatable bonds is 4. The Morgan fingerprint density at radius 2 is 1.93 bits per heavy atom. The summed E-state index contributed by atoms with van der Waals surface area (Å²) in [5, 5.41) is 2.75. The van der Waals surface area contributed by atoms with Crippen LogP contribution < -0.4 is 10.2 Å². The van der Waals surface area contributed by atoms with Crippen molar-refractivity contribution in [3.05, 3.63) is 24.3 Å². The van der Waals surface area contributed by atoms with Gasteiger partial charge in [-0.05, 0) is 31.9 Å². The number of morpholine rings is 1. The molecule has 2 fully saturated rings. The van der Waals surface area contributed by atoms with Crippen molar-refractivity contribution in [2.75, 3.05) is 56.2 Å². The summed E-state index contributed by atoms with van der Waals surface area (Å²) in [6.07, 6.45) is 1.34. The molecule has 28 heavy (non-hydrogen) atoms. The molecule has 1 unspecified atom stereocenters. The molecule has 1 aromatic rings. The number of piperidine rings is 1. The van der Waals surface area contributed by atoms with E-state index >= 15 is 0 Å². The average Bonchev–Trinajstić information content (AvgIpc) is 2.74. The zero-order valence-corrected chi connectivity index (χ0v) is 16.2. The molecule has 3 rings (SSSR count). The fourth-order valence-electron chi connectivity index (χ4n) is 3.59. The van der Waals surface area contributed by atoms with Crippen molar-refractivity contribution in [1.82, 2.24) is 4.90 Å². The third-order valence-electron chi connectivity index (χ3n) is 5.03. The van der Waals surface area contributed by atoms with Crippen LogP contribution >= 0.6 is 0 Å². The van der Waals surface area contributed by atoms with Gasteiger partial charge < -0.3 is 24.6 Å². The Balaban J connectivity index is 1.64. The first-order valence-electron chi connectivity index (χ1n) is 9.78. The minimum absolute atomic E-state index is 0.218. The SMILES string of the molecule is CCOC(=O)C1CCCN(C(=O)C(=O)Nc2ccccc2N2CCOCC2)C1. The van der Waals surface area contributed by atoms with Crippen LogP contribution in [0.2, 0.25) is 0 Å². The van der Waals surface area contributed by atoms with E-state index in [0.29, 0.717) is 44.9 Å². The average molecular weight is 389 g/mol. The standard InChI is InChI=1S/C20H27N3O5/c1-2-28-20(26)15-6-5-9-23(14-15)19(25)18(24)21-16-7-3-4-8-17(16)22-10-12-27-13-11-22/h3-4,7-8,15H,2,5-6,9-14H2,1H3,(H,21,24). The van der Waals surface area contributed by atoms with Crippen LogP contribution in [-0.2, 0) is 23.9 Å². The van der Waals surface area contributed by atoms with Gasteiger partial charge in [-0.3, -0.25) is 14.4 Å². The largest absolute Gasteiger partial charge is 0.466 e. The fraction of sp³-hybridized carbons (Fsp3) is 0.550. The molecule has 1 atom stereocenters. The zero-order valence-electron chi connectivity index (χ0n) is 16.2. The topological polar surface area (TPSA) is 88.2 Å². The number of ether oxygens (including phenoxy) is 2. The molecule has 0 spiro atoms. The van der Waals surface area contributed by atoms with Crippen LogP contribution in [0, 0.1) is 5.92 Å². The third-order valence-corrected chi connectivity index (χ3v) is 5.03. The molecule has 0 saturated carbocycles. The Morgan fingerprint density at radius 1 is 1.18 bits per heavy atom.